The number of hydrogen-bond donors (Lipinski definition) is 2. The predicted octanol–water partition coefficient (Wildman–Crippen LogP) is 4.23. The zero-order valence-corrected chi connectivity index (χ0v) is 15.8. The predicted molar refractivity (Wildman–Crippen MR) is 102 cm³/mol. The number of primary amides is 1. The summed E-state index contributed by atoms with van der Waals surface area (Å²) in [5.41, 5.74) is 6.58. The van der Waals surface area contributed by atoms with Gasteiger partial charge in [0.1, 0.15) is 5.75 Å². The molecule has 0 aliphatic rings. The topological polar surface area (TPSA) is 81.4 Å². The van der Waals surface area contributed by atoms with E-state index < -0.39 is 5.91 Å². The van der Waals surface area contributed by atoms with E-state index in [2.05, 4.69) is 35.1 Å². The van der Waals surface area contributed by atoms with Gasteiger partial charge in [-0.2, -0.15) is 0 Å². The molecule has 0 aliphatic carbocycles. The molecule has 0 atom stereocenters. The lowest BCUT2D eigenvalue weighted by atomic mass is 10.1. The second-order valence-corrected chi connectivity index (χ2v) is 6.93. The molecule has 0 unspecified atom stereocenters. The van der Waals surface area contributed by atoms with Crippen molar-refractivity contribution in [2.45, 2.75) is 20.3 Å². The number of carbonyl (C=O) groups is 2. The number of amides is 2. The van der Waals surface area contributed by atoms with Gasteiger partial charge in [-0.05, 0) is 64.7 Å². The summed E-state index contributed by atoms with van der Waals surface area (Å²) in [7, 11) is 0. The van der Waals surface area contributed by atoms with Crippen molar-refractivity contribution in [3.05, 3.63) is 58.1 Å². The monoisotopic (exact) mass is 404 g/mol. The van der Waals surface area contributed by atoms with Crippen molar-refractivity contribution in [1.29, 1.82) is 0 Å². The molecule has 0 saturated carbocycles. The number of nitrogens with two attached hydrogens (primary N) is 1. The van der Waals surface area contributed by atoms with Crippen LogP contribution in [0.5, 0.6) is 5.75 Å². The minimum absolute atomic E-state index is 0.281. The minimum atomic E-state index is -0.540. The highest BCUT2D eigenvalue weighted by molar-refractivity contribution is 9.10. The van der Waals surface area contributed by atoms with Crippen LogP contribution < -0.4 is 15.8 Å². The van der Waals surface area contributed by atoms with E-state index in [1.54, 1.807) is 42.5 Å². The van der Waals surface area contributed by atoms with Crippen LogP contribution in [0.25, 0.3) is 0 Å². The van der Waals surface area contributed by atoms with Crippen molar-refractivity contribution >= 4 is 33.4 Å². The number of nitrogens with one attached hydrogen (secondary N) is 1. The number of ether oxygens (including phenoxy) is 1. The summed E-state index contributed by atoms with van der Waals surface area (Å²) in [5, 5.41) is 2.75. The van der Waals surface area contributed by atoms with E-state index in [-0.39, 0.29) is 5.91 Å². The van der Waals surface area contributed by atoms with Gasteiger partial charge >= 0.3 is 0 Å². The SMILES string of the molecule is CC(C)CCOc1ccc(C(=O)Nc2cccc(C(N)=O)c2)cc1Br. The molecule has 2 aromatic carbocycles. The summed E-state index contributed by atoms with van der Waals surface area (Å²) in [6.45, 7) is 4.90. The Morgan fingerprint density at radius 3 is 2.56 bits per heavy atom. The van der Waals surface area contributed by atoms with Gasteiger partial charge in [-0.3, -0.25) is 9.59 Å². The summed E-state index contributed by atoms with van der Waals surface area (Å²) in [5.74, 6) is 0.450. The summed E-state index contributed by atoms with van der Waals surface area (Å²) in [6, 6.07) is 11.7. The molecule has 0 radical (unpaired) electrons. The molecule has 0 heterocycles. The molecule has 0 spiro atoms. The second-order valence-electron chi connectivity index (χ2n) is 6.08. The smallest absolute Gasteiger partial charge is 0.255 e. The number of halogens is 1. The van der Waals surface area contributed by atoms with Crippen molar-refractivity contribution in [3.63, 3.8) is 0 Å². The van der Waals surface area contributed by atoms with Gasteiger partial charge in [-0.1, -0.05) is 19.9 Å². The molecule has 2 rings (SSSR count). The van der Waals surface area contributed by atoms with Crippen molar-refractivity contribution in [1.82, 2.24) is 0 Å². The minimum Gasteiger partial charge on any atom is -0.492 e. The molecule has 3 N–H and O–H groups in total. The maximum atomic E-state index is 12.4. The van der Waals surface area contributed by atoms with Crippen molar-refractivity contribution in [2.75, 3.05) is 11.9 Å². The molecule has 2 aromatic rings. The first-order valence-corrected chi connectivity index (χ1v) is 8.79. The fraction of sp³-hybridized carbons (Fsp3) is 0.263. The van der Waals surface area contributed by atoms with Crippen LogP contribution >= 0.6 is 15.9 Å². The fourth-order valence-corrected chi connectivity index (χ4v) is 2.61. The van der Waals surface area contributed by atoms with Gasteiger partial charge in [0.05, 0.1) is 11.1 Å². The van der Waals surface area contributed by atoms with Gasteiger partial charge in [0.25, 0.3) is 5.91 Å². The van der Waals surface area contributed by atoms with Crippen LogP contribution in [0.2, 0.25) is 0 Å². The number of benzene rings is 2. The first-order valence-electron chi connectivity index (χ1n) is 8.00. The Labute approximate surface area is 155 Å². The van der Waals surface area contributed by atoms with E-state index in [1.807, 2.05) is 0 Å². The van der Waals surface area contributed by atoms with Gasteiger partial charge < -0.3 is 15.8 Å². The van der Waals surface area contributed by atoms with E-state index in [4.69, 9.17) is 10.5 Å². The molecule has 132 valence electrons. The first kappa shape index (κ1) is 19.0. The highest BCUT2D eigenvalue weighted by Gasteiger charge is 2.11. The van der Waals surface area contributed by atoms with Gasteiger partial charge in [-0.15, -0.1) is 0 Å². The summed E-state index contributed by atoms with van der Waals surface area (Å²) in [4.78, 5) is 23.6. The van der Waals surface area contributed by atoms with Crippen LogP contribution in [0, 0.1) is 5.92 Å². The molecule has 0 aliphatic heterocycles. The number of carbonyl (C=O) groups excluding carboxylic acids is 2. The highest BCUT2D eigenvalue weighted by Crippen LogP contribution is 2.27. The Bertz CT molecular complexity index is 775. The zero-order valence-electron chi connectivity index (χ0n) is 14.2. The lowest BCUT2D eigenvalue weighted by Crippen LogP contribution is -2.14. The van der Waals surface area contributed by atoms with Crippen molar-refractivity contribution in [2.24, 2.45) is 11.7 Å². The van der Waals surface area contributed by atoms with Crippen LogP contribution in [0.4, 0.5) is 5.69 Å². The average molecular weight is 405 g/mol. The van der Waals surface area contributed by atoms with E-state index in [0.717, 1.165) is 10.9 Å². The third-order valence-electron chi connectivity index (χ3n) is 3.55. The average Bonchev–Trinajstić information content (AvgIpc) is 2.56. The number of anilines is 1. The van der Waals surface area contributed by atoms with Gasteiger partial charge in [0.15, 0.2) is 0 Å². The first-order chi connectivity index (χ1) is 11.9. The van der Waals surface area contributed by atoms with Crippen LogP contribution in [0.3, 0.4) is 0 Å². The molecule has 0 fully saturated rings. The van der Waals surface area contributed by atoms with Crippen LogP contribution in [0.1, 0.15) is 41.0 Å². The van der Waals surface area contributed by atoms with Crippen molar-refractivity contribution < 1.29 is 14.3 Å². The number of rotatable bonds is 7. The number of hydrogen-bond acceptors (Lipinski definition) is 3. The Balaban J connectivity index is 2.06. The van der Waals surface area contributed by atoms with E-state index in [1.165, 1.54) is 0 Å². The second kappa shape index (κ2) is 8.67. The summed E-state index contributed by atoms with van der Waals surface area (Å²) >= 11 is 3.43. The van der Waals surface area contributed by atoms with Gasteiger partial charge in [0, 0.05) is 16.8 Å². The quantitative estimate of drug-likeness (QED) is 0.724. The normalized spacial score (nSPS) is 10.6. The fourth-order valence-electron chi connectivity index (χ4n) is 2.12. The molecular weight excluding hydrogens is 384 g/mol. The Hall–Kier alpha value is -2.34. The molecule has 5 nitrogen and oxygen atoms in total. The Morgan fingerprint density at radius 1 is 1.16 bits per heavy atom. The standard InChI is InChI=1S/C19H21BrN2O3/c1-12(2)8-9-25-17-7-6-14(11-16(17)20)19(24)22-15-5-3-4-13(10-15)18(21)23/h3-7,10-12H,8-9H2,1-2H3,(H2,21,23)(H,22,24). The Kier molecular flexibility index (Phi) is 6.58. The summed E-state index contributed by atoms with van der Waals surface area (Å²) in [6.07, 6.45) is 0.963. The third kappa shape index (κ3) is 5.60. The third-order valence-corrected chi connectivity index (χ3v) is 4.17. The Morgan fingerprint density at radius 2 is 1.92 bits per heavy atom. The highest BCUT2D eigenvalue weighted by atomic mass is 79.9. The van der Waals surface area contributed by atoms with Gasteiger partial charge in [0.2, 0.25) is 5.91 Å². The van der Waals surface area contributed by atoms with Gasteiger partial charge in [-0.25, -0.2) is 0 Å². The maximum Gasteiger partial charge on any atom is 0.255 e. The van der Waals surface area contributed by atoms with Crippen molar-refractivity contribution in [3.8, 4) is 5.75 Å². The summed E-state index contributed by atoms with van der Waals surface area (Å²) < 4.78 is 6.43. The lowest BCUT2D eigenvalue weighted by molar-refractivity contribution is 0.0996. The molecule has 0 saturated heterocycles. The molecule has 6 heteroatoms. The van der Waals surface area contributed by atoms with E-state index >= 15 is 0 Å². The largest absolute Gasteiger partial charge is 0.492 e. The molecule has 0 bridgehead atoms. The molecular formula is C19H21BrN2O3. The maximum absolute atomic E-state index is 12.4. The van der Waals surface area contributed by atoms with Crippen LogP contribution in [-0.2, 0) is 0 Å². The van der Waals surface area contributed by atoms with Crippen LogP contribution in [0.15, 0.2) is 46.9 Å². The molecule has 25 heavy (non-hydrogen) atoms. The van der Waals surface area contributed by atoms with E-state index in [0.29, 0.717) is 35.1 Å². The molecule has 2 amide bonds. The zero-order chi connectivity index (χ0) is 18.4. The lowest BCUT2D eigenvalue weighted by Gasteiger charge is -2.11. The molecule has 0 aromatic heterocycles. The van der Waals surface area contributed by atoms with Crippen LogP contribution in [-0.4, -0.2) is 18.4 Å². The van der Waals surface area contributed by atoms with E-state index in [9.17, 15) is 9.59 Å².